The normalized spacial score (nSPS) is 11.9. The monoisotopic (exact) mass is 316 g/mol. The van der Waals surface area contributed by atoms with Gasteiger partial charge >= 0.3 is 5.97 Å². The van der Waals surface area contributed by atoms with Gasteiger partial charge in [0.15, 0.2) is 29.6 Å². The van der Waals surface area contributed by atoms with Crippen LogP contribution in [-0.2, 0) is 4.79 Å². The summed E-state index contributed by atoms with van der Waals surface area (Å²) in [5.74, 6) is 2.13. The van der Waals surface area contributed by atoms with Crippen molar-refractivity contribution in [1.82, 2.24) is 0 Å². The van der Waals surface area contributed by atoms with Crippen LogP contribution in [0.4, 0.5) is 0 Å². The number of hydrogen-bond donors (Lipinski definition) is 0. The number of hydrogen-bond acceptors (Lipinski definition) is 6. The quantitative estimate of drug-likeness (QED) is 0.603. The van der Waals surface area contributed by atoms with Crippen molar-refractivity contribution in [3.8, 4) is 28.7 Å². The average Bonchev–Trinajstić information content (AvgIpc) is 3.02. The van der Waals surface area contributed by atoms with Crippen LogP contribution < -0.4 is 23.7 Å². The summed E-state index contributed by atoms with van der Waals surface area (Å²) in [7, 11) is 0. The Morgan fingerprint density at radius 1 is 1.04 bits per heavy atom. The second-order valence-corrected chi connectivity index (χ2v) is 4.66. The molecule has 2 aromatic rings. The fourth-order valence-electron chi connectivity index (χ4n) is 2.08. The van der Waals surface area contributed by atoms with Gasteiger partial charge in [0.25, 0.3) is 0 Å². The predicted molar refractivity (Wildman–Crippen MR) is 81.3 cm³/mol. The third-order valence-corrected chi connectivity index (χ3v) is 3.07. The lowest BCUT2D eigenvalue weighted by atomic mass is 10.3. The Labute approximate surface area is 133 Å². The van der Waals surface area contributed by atoms with Crippen molar-refractivity contribution in [1.29, 1.82) is 0 Å². The van der Waals surface area contributed by atoms with Crippen LogP contribution in [0.1, 0.15) is 6.92 Å². The summed E-state index contributed by atoms with van der Waals surface area (Å²) < 4.78 is 26.5. The second-order valence-electron chi connectivity index (χ2n) is 4.66. The molecule has 0 bridgehead atoms. The molecular formula is C17H16O6. The van der Waals surface area contributed by atoms with E-state index in [0.29, 0.717) is 35.4 Å². The van der Waals surface area contributed by atoms with Gasteiger partial charge in [-0.05, 0) is 31.2 Å². The Balaban J connectivity index is 1.58. The van der Waals surface area contributed by atoms with Gasteiger partial charge in [-0.1, -0.05) is 12.1 Å². The third kappa shape index (κ3) is 3.66. The van der Waals surface area contributed by atoms with Gasteiger partial charge in [-0.15, -0.1) is 0 Å². The van der Waals surface area contributed by atoms with Crippen molar-refractivity contribution in [3.63, 3.8) is 0 Å². The van der Waals surface area contributed by atoms with Crippen LogP contribution in [0, 0.1) is 0 Å². The maximum atomic E-state index is 11.9. The maximum Gasteiger partial charge on any atom is 0.349 e. The van der Waals surface area contributed by atoms with Crippen molar-refractivity contribution in [2.45, 2.75) is 6.92 Å². The highest BCUT2D eigenvalue weighted by atomic mass is 16.7. The van der Waals surface area contributed by atoms with Crippen LogP contribution in [-0.4, -0.2) is 26.0 Å². The molecule has 0 fully saturated rings. The van der Waals surface area contributed by atoms with E-state index >= 15 is 0 Å². The standard InChI is InChI=1S/C17H16O6/c1-2-19-13-5-3-4-6-14(13)20-10-17(18)23-12-7-8-15-16(9-12)22-11-21-15/h3-9H,2,10-11H2,1H3. The van der Waals surface area contributed by atoms with Crippen LogP contribution in [0.5, 0.6) is 28.7 Å². The Morgan fingerprint density at radius 3 is 2.57 bits per heavy atom. The number of carbonyl (C=O) groups excluding carboxylic acids is 1. The number of para-hydroxylation sites is 2. The van der Waals surface area contributed by atoms with Crippen molar-refractivity contribution < 1.29 is 28.5 Å². The number of benzene rings is 2. The Morgan fingerprint density at radius 2 is 1.78 bits per heavy atom. The molecule has 2 aromatic carbocycles. The Kier molecular flexibility index (Phi) is 4.52. The molecule has 0 N–H and O–H groups in total. The summed E-state index contributed by atoms with van der Waals surface area (Å²) in [6.07, 6.45) is 0. The molecule has 0 atom stereocenters. The smallest absolute Gasteiger partial charge is 0.349 e. The highest BCUT2D eigenvalue weighted by Crippen LogP contribution is 2.35. The first-order valence-corrected chi connectivity index (χ1v) is 7.21. The van der Waals surface area contributed by atoms with E-state index in [4.69, 9.17) is 23.7 Å². The minimum absolute atomic E-state index is 0.171. The van der Waals surface area contributed by atoms with Crippen LogP contribution in [0.3, 0.4) is 0 Å². The Hall–Kier alpha value is -2.89. The van der Waals surface area contributed by atoms with Gasteiger partial charge in [-0.3, -0.25) is 0 Å². The molecule has 6 heteroatoms. The maximum absolute atomic E-state index is 11.9. The molecule has 0 unspecified atom stereocenters. The minimum atomic E-state index is -0.518. The lowest BCUT2D eigenvalue weighted by Crippen LogP contribution is -2.18. The molecule has 23 heavy (non-hydrogen) atoms. The van der Waals surface area contributed by atoms with Gasteiger partial charge in [-0.25, -0.2) is 4.79 Å². The molecule has 0 saturated heterocycles. The first-order valence-electron chi connectivity index (χ1n) is 7.21. The van der Waals surface area contributed by atoms with Crippen LogP contribution in [0.15, 0.2) is 42.5 Å². The van der Waals surface area contributed by atoms with E-state index in [-0.39, 0.29) is 13.4 Å². The van der Waals surface area contributed by atoms with Crippen molar-refractivity contribution >= 4 is 5.97 Å². The van der Waals surface area contributed by atoms with Gasteiger partial charge in [0.05, 0.1) is 6.61 Å². The molecule has 0 amide bonds. The zero-order valence-electron chi connectivity index (χ0n) is 12.6. The molecule has 0 aromatic heterocycles. The van der Waals surface area contributed by atoms with Gasteiger partial charge in [0.1, 0.15) is 5.75 Å². The molecular weight excluding hydrogens is 300 g/mol. The van der Waals surface area contributed by atoms with E-state index in [1.165, 1.54) is 0 Å². The second kappa shape index (κ2) is 6.91. The summed E-state index contributed by atoms with van der Waals surface area (Å²) in [4.78, 5) is 11.9. The zero-order valence-corrected chi connectivity index (χ0v) is 12.6. The summed E-state index contributed by atoms with van der Waals surface area (Å²) in [5, 5.41) is 0. The number of rotatable bonds is 6. The molecule has 6 nitrogen and oxygen atoms in total. The molecule has 0 radical (unpaired) electrons. The molecule has 1 aliphatic heterocycles. The topological polar surface area (TPSA) is 63.2 Å². The van der Waals surface area contributed by atoms with Gasteiger partial charge in [-0.2, -0.15) is 0 Å². The minimum Gasteiger partial charge on any atom is -0.490 e. The first-order chi connectivity index (χ1) is 11.3. The highest BCUT2D eigenvalue weighted by molar-refractivity contribution is 5.74. The number of esters is 1. The molecule has 120 valence electrons. The van der Waals surface area contributed by atoms with Crippen LogP contribution in [0.25, 0.3) is 0 Å². The fraction of sp³-hybridized carbons (Fsp3) is 0.235. The largest absolute Gasteiger partial charge is 0.490 e. The molecule has 0 aliphatic carbocycles. The van der Waals surface area contributed by atoms with E-state index in [0.717, 1.165) is 0 Å². The average molecular weight is 316 g/mol. The number of carbonyl (C=O) groups is 1. The van der Waals surface area contributed by atoms with Gasteiger partial charge < -0.3 is 23.7 Å². The van der Waals surface area contributed by atoms with E-state index < -0.39 is 5.97 Å². The highest BCUT2D eigenvalue weighted by Gasteiger charge is 2.15. The third-order valence-electron chi connectivity index (χ3n) is 3.07. The van der Waals surface area contributed by atoms with Crippen molar-refractivity contribution in [2.24, 2.45) is 0 Å². The number of ether oxygens (including phenoxy) is 5. The van der Waals surface area contributed by atoms with Crippen LogP contribution >= 0.6 is 0 Å². The Bertz CT molecular complexity index is 697. The predicted octanol–water partition coefficient (Wildman–Crippen LogP) is 2.80. The zero-order chi connectivity index (χ0) is 16.1. The van der Waals surface area contributed by atoms with Crippen molar-refractivity contribution in [2.75, 3.05) is 20.0 Å². The SMILES string of the molecule is CCOc1ccccc1OCC(=O)Oc1ccc2c(c1)OCO2. The van der Waals surface area contributed by atoms with E-state index in [9.17, 15) is 4.79 Å². The van der Waals surface area contributed by atoms with E-state index in [2.05, 4.69) is 0 Å². The molecule has 1 heterocycles. The lowest BCUT2D eigenvalue weighted by Gasteiger charge is -2.11. The summed E-state index contributed by atoms with van der Waals surface area (Å²) in [6, 6.07) is 12.1. The summed E-state index contributed by atoms with van der Waals surface area (Å²) in [6.45, 7) is 2.34. The fourth-order valence-corrected chi connectivity index (χ4v) is 2.08. The molecule has 1 aliphatic rings. The van der Waals surface area contributed by atoms with Crippen LogP contribution in [0.2, 0.25) is 0 Å². The van der Waals surface area contributed by atoms with Crippen molar-refractivity contribution in [3.05, 3.63) is 42.5 Å². The molecule has 3 rings (SSSR count). The molecule has 0 saturated carbocycles. The molecule has 0 spiro atoms. The van der Waals surface area contributed by atoms with E-state index in [1.807, 2.05) is 13.0 Å². The van der Waals surface area contributed by atoms with Gasteiger partial charge in [0.2, 0.25) is 6.79 Å². The summed E-state index contributed by atoms with van der Waals surface area (Å²) >= 11 is 0. The first kappa shape index (κ1) is 15.0. The number of fused-ring (bicyclic) bond motifs is 1. The van der Waals surface area contributed by atoms with Gasteiger partial charge in [0, 0.05) is 6.07 Å². The van der Waals surface area contributed by atoms with E-state index in [1.54, 1.807) is 36.4 Å². The lowest BCUT2D eigenvalue weighted by molar-refractivity contribution is -0.136. The summed E-state index contributed by atoms with van der Waals surface area (Å²) in [5.41, 5.74) is 0.